The lowest BCUT2D eigenvalue weighted by molar-refractivity contribution is -0.116. The van der Waals surface area contributed by atoms with Gasteiger partial charge in [-0.3, -0.25) is 4.79 Å². The summed E-state index contributed by atoms with van der Waals surface area (Å²) in [6.07, 6.45) is 3.45. The number of anilines is 2. The Morgan fingerprint density at radius 3 is 2.59 bits per heavy atom. The zero-order chi connectivity index (χ0) is 22.1. The van der Waals surface area contributed by atoms with Crippen LogP contribution in [0.15, 0.2) is 66.2 Å². The van der Waals surface area contributed by atoms with E-state index in [1.54, 1.807) is 14.2 Å². The summed E-state index contributed by atoms with van der Waals surface area (Å²) in [5.41, 5.74) is 3.11. The quantitative estimate of drug-likeness (QED) is 0.626. The van der Waals surface area contributed by atoms with Crippen molar-refractivity contribution in [3.8, 4) is 17.4 Å². The van der Waals surface area contributed by atoms with Gasteiger partial charge in [-0.15, -0.1) is 0 Å². The van der Waals surface area contributed by atoms with E-state index in [1.165, 1.54) is 6.33 Å². The number of ketones is 1. The molecule has 1 aromatic heterocycles. The highest BCUT2D eigenvalue weighted by Gasteiger charge is 2.40. The summed E-state index contributed by atoms with van der Waals surface area (Å²) >= 11 is 0. The van der Waals surface area contributed by atoms with Crippen LogP contribution in [-0.2, 0) is 4.79 Å². The van der Waals surface area contributed by atoms with Crippen LogP contribution >= 0.6 is 0 Å². The van der Waals surface area contributed by atoms with E-state index < -0.39 is 0 Å². The van der Waals surface area contributed by atoms with Crippen LogP contribution in [0.3, 0.4) is 0 Å². The molecule has 5 rings (SSSR count). The third-order valence-corrected chi connectivity index (χ3v) is 5.86. The molecule has 0 amide bonds. The average molecular weight is 429 g/mol. The van der Waals surface area contributed by atoms with Gasteiger partial charge in [-0.05, 0) is 36.8 Å². The number of para-hydroxylation sites is 1. The highest BCUT2D eigenvalue weighted by molar-refractivity contribution is 6.00. The first-order valence-electron chi connectivity index (χ1n) is 10.5. The van der Waals surface area contributed by atoms with Crippen LogP contribution in [0.4, 0.5) is 11.5 Å². The summed E-state index contributed by atoms with van der Waals surface area (Å²) < 4.78 is 17.1. The molecule has 0 fully saturated rings. The Balaban J connectivity index is 1.68. The lowest BCUT2D eigenvalue weighted by Gasteiger charge is -2.33. The highest BCUT2D eigenvalue weighted by atomic mass is 16.5. The molecule has 1 aliphatic carbocycles. The second-order valence-corrected chi connectivity index (χ2v) is 7.69. The van der Waals surface area contributed by atoms with E-state index in [2.05, 4.69) is 15.3 Å². The van der Waals surface area contributed by atoms with Gasteiger partial charge >= 0.3 is 0 Å². The normalized spacial score (nSPS) is 17.2. The molecule has 3 aromatic rings. The van der Waals surface area contributed by atoms with Crippen molar-refractivity contribution in [1.29, 1.82) is 0 Å². The molecule has 0 spiro atoms. The number of allylic oxidation sites excluding steroid dienone is 2. The molecule has 0 saturated carbocycles. The van der Waals surface area contributed by atoms with Gasteiger partial charge in [0.25, 0.3) is 0 Å². The Morgan fingerprint density at radius 1 is 1.00 bits per heavy atom. The topological polar surface area (TPSA) is 82.6 Å². The van der Waals surface area contributed by atoms with Crippen molar-refractivity contribution in [2.75, 3.05) is 19.5 Å². The average Bonchev–Trinajstić information content (AvgIpc) is 2.83. The molecule has 162 valence electrons. The Bertz CT molecular complexity index is 1200. The lowest BCUT2D eigenvalue weighted by Crippen LogP contribution is -2.27. The number of carbonyl (C=O) groups is 1. The third-order valence-electron chi connectivity index (χ3n) is 5.86. The van der Waals surface area contributed by atoms with Crippen LogP contribution in [-0.4, -0.2) is 30.0 Å². The molecule has 0 radical (unpaired) electrons. The number of hydrogen-bond donors (Lipinski definition) is 1. The van der Waals surface area contributed by atoms with Gasteiger partial charge in [0.15, 0.2) is 5.78 Å². The SMILES string of the molecule is COc1ccc(Nc2ncnc3c2C(c2ccccc2OC)C2=C(CCCC2=O)O3)cc1. The number of carbonyl (C=O) groups excluding carboxylic acids is 1. The first kappa shape index (κ1) is 20.1. The minimum absolute atomic E-state index is 0.0899. The van der Waals surface area contributed by atoms with Crippen LogP contribution in [0.2, 0.25) is 0 Å². The van der Waals surface area contributed by atoms with Gasteiger partial charge in [-0.2, -0.15) is 0 Å². The molecule has 7 nitrogen and oxygen atoms in total. The van der Waals surface area contributed by atoms with Crippen LogP contribution < -0.4 is 19.5 Å². The molecule has 32 heavy (non-hydrogen) atoms. The summed E-state index contributed by atoms with van der Waals surface area (Å²) in [4.78, 5) is 22.0. The summed E-state index contributed by atoms with van der Waals surface area (Å²) in [5.74, 6) is 2.90. The number of nitrogens with zero attached hydrogens (tertiary/aromatic N) is 2. The van der Waals surface area contributed by atoms with Crippen molar-refractivity contribution < 1.29 is 19.0 Å². The molecular weight excluding hydrogens is 406 g/mol. The standard InChI is InChI=1S/C25H23N3O4/c1-30-16-12-10-15(11-13-16)28-24-23-21(17-6-3-4-8-19(17)31-2)22-18(29)7-5-9-20(22)32-25(23)27-14-26-24/h3-4,6,8,10-14,21H,5,7,9H2,1-2H3,(H,26,27,28). The van der Waals surface area contributed by atoms with E-state index in [4.69, 9.17) is 14.2 Å². The monoisotopic (exact) mass is 429 g/mol. The Morgan fingerprint density at radius 2 is 1.81 bits per heavy atom. The fourth-order valence-electron chi connectivity index (χ4n) is 4.37. The lowest BCUT2D eigenvalue weighted by atomic mass is 9.77. The number of aromatic nitrogens is 2. The zero-order valence-electron chi connectivity index (χ0n) is 17.9. The Hall–Kier alpha value is -3.87. The molecule has 0 saturated heterocycles. The first-order valence-corrected chi connectivity index (χ1v) is 10.5. The van der Waals surface area contributed by atoms with Crippen molar-refractivity contribution >= 4 is 17.3 Å². The van der Waals surface area contributed by atoms with Crippen molar-refractivity contribution in [2.24, 2.45) is 0 Å². The molecule has 1 N–H and O–H groups in total. The third kappa shape index (κ3) is 3.45. The molecule has 0 bridgehead atoms. The van der Waals surface area contributed by atoms with E-state index in [1.807, 2.05) is 48.5 Å². The second kappa shape index (κ2) is 8.34. The van der Waals surface area contributed by atoms with Crippen molar-refractivity contribution in [3.63, 3.8) is 0 Å². The molecule has 2 aromatic carbocycles. The van der Waals surface area contributed by atoms with Crippen molar-refractivity contribution in [1.82, 2.24) is 9.97 Å². The van der Waals surface area contributed by atoms with Gasteiger partial charge in [0.2, 0.25) is 5.88 Å². The number of nitrogens with one attached hydrogen (secondary N) is 1. The number of hydrogen-bond acceptors (Lipinski definition) is 7. The summed E-state index contributed by atoms with van der Waals surface area (Å²) in [5, 5.41) is 3.37. The maximum atomic E-state index is 13.1. The maximum absolute atomic E-state index is 13.1. The molecule has 1 atom stereocenters. The van der Waals surface area contributed by atoms with E-state index in [0.29, 0.717) is 41.6 Å². The fourth-order valence-corrected chi connectivity index (χ4v) is 4.37. The summed E-state index contributed by atoms with van der Waals surface area (Å²) in [6.45, 7) is 0. The number of fused-ring (bicyclic) bond motifs is 1. The molecule has 2 heterocycles. The Labute approximate surface area is 186 Å². The van der Waals surface area contributed by atoms with Crippen molar-refractivity contribution in [2.45, 2.75) is 25.2 Å². The van der Waals surface area contributed by atoms with Gasteiger partial charge in [0, 0.05) is 29.7 Å². The largest absolute Gasteiger partial charge is 0.497 e. The number of benzene rings is 2. The highest BCUT2D eigenvalue weighted by Crippen LogP contribution is 2.50. The number of Topliss-reactive ketones (excluding diaryl/α,β-unsaturated/α-hetero) is 1. The molecule has 7 heteroatoms. The number of methoxy groups -OCH3 is 2. The van der Waals surface area contributed by atoms with E-state index in [-0.39, 0.29) is 11.7 Å². The second-order valence-electron chi connectivity index (χ2n) is 7.69. The number of rotatable bonds is 5. The van der Waals surface area contributed by atoms with Gasteiger partial charge in [0.05, 0.1) is 25.7 Å². The maximum Gasteiger partial charge on any atom is 0.228 e. The van der Waals surface area contributed by atoms with Crippen LogP contribution in [0, 0.1) is 0 Å². The van der Waals surface area contributed by atoms with Crippen LogP contribution in [0.5, 0.6) is 17.4 Å². The predicted molar refractivity (Wildman–Crippen MR) is 120 cm³/mol. The van der Waals surface area contributed by atoms with Crippen LogP contribution in [0.25, 0.3) is 0 Å². The van der Waals surface area contributed by atoms with E-state index in [9.17, 15) is 4.79 Å². The summed E-state index contributed by atoms with van der Waals surface area (Å²) in [7, 11) is 3.26. The fraction of sp³-hybridized carbons (Fsp3) is 0.240. The van der Waals surface area contributed by atoms with Gasteiger partial charge < -0.3 is 19.5 Å². The van der Waals surface area contributed by atoms with Crippen LogP contribution in [0.1, 0.15) is 36.3 Å². The molecule has 1 unspecified atom stereocenters. The molecule has 2 aliphatic rings. The zero-order valence-corrected chi connectivity index (χ0v) is 17.9. The minimum Gasteiger partial charge on any atom is -0.497 e. The Kier molecular flexibility index (Phi) is 5.23. The smallest absolute Gasteiger partial charge is 0.228 e. The van der Waals surface area contributed by atoms with Gasteiger partial charge in [-0.25, -0.2) is 9.97 Å². The first-order chi connectivity index (χ1) is 15.7. The summed E-state index contributed by atoms with van der Waals surface area (Å²) in [6, 6.07) is 15.3. The van der Waals surface area contributed by atoms with E-state index >= 15 is 0 Å². The molecular formula is C25H23N3O4. The van der Waals surface area contributed by atoms with Gasteiger partial charge in [-0.1, -0.05) is 18.2 Å². The van der Waals surface area contributed by atoms with E-state index in [0.717, 1.165) is 29.0 Å². The minimum atomic E-state index is -0.389. The van der Waals surface area contributed by atoms with Gasteiger partial charge in [0.1, 0.15) is 29.4 Å². The molecule has 1 aliphatic heterocycles. The predicted octanol–water partition coefficient (Wildman–Crippen LogP) is 4.77. The van der Waals surface area contributed by atoms with Crippen molar-refractivity contribution in [3.05, 3.63) is 77.3 Å². The number of ether oxygens (including phenoxy) is 3.